The molecule has 0 fully saturated rings. The molecule has 194 valence electrons. The van der Waals surface area contributed by atoms with Crippen molar-refractivity contribution in [3.05, 3.63) is 52.0 Å². The molecule has 1 aliphatic rings. The fourth-order valence-corrected chi connectivity index (χ4v) is 4.16. The van der Waals surface area contributed by atoms with Gasteiger partial charge in [0.25, 0.3) is 5.56 Å². The van der Waals surface area contributed by atoms with Crippen molar-refractivity contribution in [2.45, 2.75) is 43.7 Å². The summed E-state index contributed by atoms with van der Waals surface area (Å²) in [4.78, 5) is 21.8. The van der Waals surface area contributed by atoms with E-state index in [0.717, 1.165) is 18.1 Å². The van der Waals surface area contributed by atoms with E-state index in [1.807, 2.05) is 15.6 Å². The highest BCUT2D eigenvalue weighted by molar-refractivity contribution is 7.90. The van der Waals surface area contributed by atoms with Crippen molar-refractivity contribution >= 4 is 21.5 Å². The minimum atomic E-state index is -4.83. The zero-order chi connectivity index (χ0) is 26.1. The summed E-state index contributed by atoms with van der Waals surface area (Å²) in [5.74, 6) is 0.403. The Morgan fingerprint density at radius 2 is 1.94 bits per heavy atom. The Balaban J connectivity index is 1.33. The lowest BCUT2D eigenvalue weighted by Gasteiger charge is -2.27. The second-order valence-electron chi connectivity index (χ2n) is 8.31. The van der Waals surface area contributed by atoms with Crippen molar-refractivity contribution in [1.29, 1.82) is 0 Å². The topological polar surface area (TPSA) is 148 Å². The number of halogens is 3. The third-order valence-electron chi connectivity index (χ3n) is 5.33. The number of anilines is 2. The molecule has 16 heteroatoms. The Bertz CT molecular complexity index is 1390. The molecule has 0 bridgehead atoms. The molecule has 1 atom stereocenters. The molecule has 0 amide bonds. The highest BCUT2D eigenvalue weighted by atomic mass is 32.2. The summed E-state index contributed by atoms with van der Waals surface area (Å²) < 4.78 is 70.2. The van der Waals surface area contributed by atoms with E-state index in [1.165, 1.54) is 12.4 Å². The van der Waals surface area contributed by atoms with Crippen molar-refractivity contribution in [1.82, 2.24) is 29.9 Å². The van der Waals surface area contributed by atoms with Gasteiger partial charge in [-0.3, -0.25) is 9.48 Å². The number of nitrogens with zero attached hydrogens (tertiary/aromatic N) is 6. The van der Waals surface area contributed by atoms with Crippen LogP contribution in [0.3, 0.4) is 0 Å². The maximum atomic E-state index is 13.2. The van der Waals surface area contributed by atoms with Gasteiger partial charge in [-0.1, -0.05) is 0 Å². The van der Waals surface area contributed by atoms with Crippen LogP contribution >= 0.6 is 0 Å². The number of rotatable bonds is 8. The van der Waals surface area contributed by atoms with E-state index in [9.17, 15) is 26.4 Å². The third kappa shape index (κ3) is 5.81. The molecule has 0 aromatic carbocycles. The minimum Gasteiger partial charge on any atom is -0.378 e. The molecule has 3 aromatic rings. The molecule has 0 saturated carbocycles. The van der Waals surface area contributed by atoms with Crippen LogP contribution in [-0.4, -0.2) is 63.8 Å². The quantitative estimate of drug-likeness (QED) is 0.437. The number of alkyl halides is 3. The summed E-state index contributed by atoms with van der Waals surface area (Å²) in [6.45, 7) is 3.38. The first kappa shape index (κ1) is 25.6. The zero-order valence-electron chi connectivity index (χ0n) is 19.3. The van der Waals surface area contributed by atoms with Crippen molar-refractivity contribution in [3.8, 4) is 0 Å². The van der Waals surface area contributed by atoms with Crippen molar-refractivity contribution in [2.75, 3.05) is 29.6 Å². The average molecular weight is 529 g/mol. The Hall–Kier alpha value is -3.53. The number of nitrogens with one attached hydrogen (secondary N) is 2. The van der Waals surface area contributed by atoms with Crippen molar-refractivity contribution in [3.63, 3.8) is 0 Å². The van der Waals surface area contributed by atoms with E-state index in [1.54, 1.807) is 12.0 Å². The molecule has 0 radical (unpaired) electrons. The summed E-state index contributed by atoms with van der Waals surface area (Å²) in [5, 5.41) is 12.3. The molecule has 2 N–H and O–H groups in total. The number of H-pyrrole nitrogens is 1. The number of hydrogen-bond acceptors (Lipinski definition) is 10. The molecule has 36 heavy (non-hydrogen) atoms. The number of sulfone groups is 1. The van der Waals surface area contributed by atoms with Gasteiger partial charge in [-0.05, 0) is 13.0 Å². The Kier molecular flexibility index (Phi) is 6.99. The van der Waals surface area contributed by atoms with Gasteiger partial charge in [0, 0.05) is 18.8 Å². The van der Waals surface area contributed by atoms with Gasteiger partial charge in [0.2, 0.25) is 5.95 Å². The molecular weight excluding hydrogens is 505 g/mol. The average Bonchev–Trinajstić information content (AvgIpc) is 3.19. The second-order valence-corrected chi connectivity index (χ2v) is 10.3. The molecule has 3 aromatic heterocycles. The van der Waals surface area contributed by atoms with E-state index in [4.69, 9.17) is 4.74 Å². The van der Waals surface area contributed by atoms with Gasteiger partial charge < -0.3 is 15.0 Å². The van der Waals surface area contributed by atoms with E-state index >= 15 is 0 Å². The van der Waals surface area contributed by atoms with Crippen LogP contribution in [0.1, 0.15) is 23.9 Å². The van der Waals surface area contributed by atoms with E-state index in [-0.39, 0.29) is 18.1 Å². The Labute approximate surface area is 203 Å². The summed E-state index contributed by atoms with van der Waals surface area (Å²) in [7, 11) is -3.38. The maximum Gasteiger partial charge on any atom is 0.423 e. The molecule has 0 aliphatic carbocycles. The van der Waals surface area contributed by atoms with Crippen LogP contribution in [0.4, 0.5) is 24.8 Å². The zero-order valence-corrected chi connectivity index (χ0v) is 20.1. The SMILES string of the molecule is C[C@@H](COCc1cc2n(n1)CCN(c1ncc(S(C)(=O)=O)cn1)C2)Nc1cn[nH]c(=O)c1C(F)(F)F. The Morgan fingerprint density at radius 1 is 1.22 bits per heavy atom. The fourth-order valence-electron chi connectivity index (χ4n) is 3.67. The predicted octanol–water partition coefficient (Wildman–Crippen LogP) is 1.22. The molecule has 0 spiro atoms. The first-order valence-electron chi connectivity index (χ1n) is 10.7. The minimum absolute atomic E-state index is 0.0430. The van der Waals surface area contributed by atoms with Gasteiger partial charge >= 0.3 is 6.18 Å². The summed E-state index contributed by atoms with van der Waals surface area (Å²) in [6.07, 6.45) is -0.280. The largest absolute Gasteiger partial charge is 0.423 e. The van der Waals surface area contributed by atoms with E-state index < -0.39 is 38.9 Å². The number of aromatic amines is 1. The van der Waals surface area contributed by atoms with Gasteiger partial charge in [0.15, 0.2) is 9.84 Å². The Morgan fingerprint density at radius 3 is 2.61 bits per heavy atom. The molecule has 12 nitrogen and oxygen atoms in total. The van der Waals surface area contributed by atoms with Crippen LogP contribution in [0.15, 0.2) is 34.3 Å². The van der Waals surface area contributed by atoms with Gasteiger partial charge in [-0.2, -0.15) is 23.4 Å². The van der Waals surface area contributed by atoms with Gasteiger partial charge in [0.1, 0.15) is 10.5 Å². The van der Waals surface area contributed by atoms with E-state index in [0.29, 0.717) is 31.3 Å². The van der Waals surface area contributed by atoms with Gasteiger partial charge in [-0.15, -0.1) is 0 Å². The van der Waals surface area contributed by atoms with E-state index in [2.05, 4.69) is 25.5 Å². The van der Waals surface area contributed by atoms with Crippen LogP contribution in [0, 0.1) is 0 Å². The van der Waals surface area contributed by atoms with Gasteiger partial charge in [0.05, 0.1) is 62.0 Å². The number of fused-ring (bicyclic) bond motifs is 1. The van der Waals surface area contributed by atoms with Crippen LogP contribution in [0.25, 0.3) is 0 Å². The lowest BCUT2D eigenvalue weighted by Crippen LogP contribution is -2.34. The van der Waals surface area contributed by atoms with Crippen LogP contribution in [0.5, 0.6) is 0 Å². The highest BCUT2D eigenvalue weighted by Crippen LogP contribution is 2.31. The smallest absolute Gasteiger partial charge is 0.378 e. The molecular formula is C20H23F3N8O4S. The van der Waals surface area contributed by atoms with Crippen molar-refractivity contribution in [2.24, 2.45) is 0 Å². The molecule has 4 rings (SSSR count). The molecule has 0 unspecified atom stereocenters. The first-order valence-corrected chi connectivity index (χ1v) is 12.6. The number of ether oxygens (including phenoxy) is 1. The lowest BCUT2D eigenvalue weighted by atomic mass is 10.2. The van der Waals surface area contributed by atoms with Crippen molar-refractivity contribution < 1.29 is 26.3 Å². The predicted molar refractivity (Wildman–Crippen MR) is 121 cm³/mol. The first-order chi connectivity index (χ1) is 16.9. The summed E-state index contributed by atoms with van der Waals surface area (Å²) in [5.41, 5.74) is -1.57. The summed E-state index contributed by atoms with van der Waals surface area (Å²) in [6, 6.07) is 1.30. The number of aromatic nitrogens is 6. The maximum absolute atomic E-state index is 13.2. The normalized spacial score (nSPS) is 15.0. The summed E-state index contributed by atoms with van der Waals surface area (Å²) >= 11 is 0. The number of hydrogen-bond donors (Lipinski definition) is 2. The van der Waals surface area contributed by atoms with Crippen LogP contribution in [-0.2, 0) is 40.4 Å². The monoisotopic (exact) mass is 528 g/mol. The van der Waals surface area contributed by atoms with Crippen LogP contribution in [0.2, 0.25) is 0 Å². The standard InChI is InChI=1S/C20H23F3N8O4S/c1-12(27-16-8-26-28-18(32)17(16)20(21,22)23)10-35-11-13-5-14-9-30(3-4-31(14)29-13)19-24-6-15(7-25-19)36(2,33)34/h5-8,12H,3-4,9-11H2,1-2H3,(H2,27,28,32)/t12-/m0/s1. The third-order valence-corrected chi connectivity index (χ3v) is 6.40. The highest BCUT2D eigenvalue weighted by Gasteiger charge is 2.37. The van der Waals surface area contributed by atoms with Crippen LogP contribution < -0.4 is 15.8 Å². The fraction of sp³-hybridized carbons (Fsp3) is 0.450. The molecule has 4 heterocycles. The lowest BCUT2D eigenvalue weighted by molar-refractivity contribution is -0.138. The van der Waals surface area contributed by atoms with Gasteiger partial charge in [-0.25, -0.2) is 23.5 Å². The molecule has 0 saturated heterocycles. The molecule has 1 aliphatic heterocycles. The second kappa shape index (κ2) is 9.85.